The number of carbonyl (C=O) groups is 2. The second-order valence-electron chi connectivity index (χ2n) is 15.9. The third-order valence-corrected chi connectivity index (χ3v) is 11.0. The van der Waals surface area contributed by atoms with Gasteiger partial charge in [-0.3, -0.25) is 4.79 Å². The second kappa shape index (κ2) is 17.1. The van der Waals surface area contributed by atoms with E-state index < -0.39 is 77.8 Å². The minimum Gasteiger partial charge on any atom is -0.459 e. The fraction of sp³-hybridized carbons (Fsp3) is 0.789. The Labute approximate surface area is 299 Å². The molecule has 2 aliphatic heterocycles. The number of aliphatic hydroxyl groups is 4. The molecule has 12 nitrogen and oxygen atoms in total. The van der Waals surface area contributed by atoms with Crippen molar-refractivity contribution in [3.63, 3.8) is 0 Å². The summed E-state index contributed by atoms with van der Waals surface area (Å²) in [6, 6.07) is 6.25. The van der Waals surface area contributed by atoms with Crippen LogP contribution in [-0.2, 0) is 23.7 Å². The predicted molar refractivity (Wildman–Crippen MR) is 189 cm³/mol. The molecule has 0 bridgehead atoms. The fourth-order valence-electron chi connectivity index (χ4n) is 7.73. The van der Waals surface area contributed by atoms with E-state index in [4.69, 9.17) is 18.9 Å². The Morgan fingerprint density at radius 2 is 1.66 bits per heavy atom. The SMILES string of the molecule is CC[C@H]1OC(=O)[C@H](C)[C@@H](O)[C@H](C)[C@@H](O[C@@H]2O[C@H](C)C[C@H](N(C)C)[C@H]2OC(=O)c2ccc(C)cc2)[C@](C)(O)C[C@@H](C)CN(C)[C@H](C)[C@@H](O)[C@]1(C)O. The summed E-state index contributed by atoms with van der Waals surface area (Å²) in [5.74, 6) is -3.39. The van der Waals surface area contributed by atoms with E-state index in [0.29, 0.717) is 18.5 Å². The highest BCUT2D eigenvalue weighted by molar-refractivity contribution is 5.89. The number of likely N-dealkylation sites (N-methyl/N-ethyl adjacent to an activating group) is 2. The normalized spacial score (nSPS) is 41.6. The number of cyclic esters (lactones) is 1. The first-order valence-electron chi connectivity index (χ1n) is 18.1. The van der Waals surface area contributed by atoms with E-state index in [1.54, 1.807) is 39.8 Å². The van der Waals surface area contributed by atoms with Crippen LogP contribution in [0.4, 0.5) is 0 Å². The fourth-order valence-corrected chi connectivity index (χ4v) is 7.73. The van der Waals surface area contributed by atoms with Crippen molar-refractivity contribution < 1.29 is 49.0 Å². The molecule has 4 N–H and O–H groups in total. The first-order chi connectivity index (χ1) is 23.1. The Morgan fingerprint density at radius 1 is 1.06 bits per heavy atom. The second-order valence-corrected chi connectivity index (χ2v) is 15.9. The number of rotatable bonds is 6. The van der Waals surface area contributed by atoms with Crippen LogP contribution in [0.2, 0.25) is 0 Å². The number of hydrogen-bond acceptors (Lipinski definition) is 12. The molecule has 0 amide bonds. The van der Waals surface area contributed by atoms with Crippen molar-refractivity contribution in [2.24, 2.45) is 17.8 Å². The molecule has 286 valence electrons. The zero-order valence-corrected chi connectivity index (χ0v) is 32.2. The van der Waals surface area contributed by atoms with E-state index in [0.717, 1.165) is 5.56 Å². The van der Waals surface area contributed by atoms with Gasteiger partial charge in [-0.2, -0.15) is 0 Å². The van der Waals surface area contributed by atoms with Crippen molar-refractivity contribution >= 4 is 11.9 Å². The van der Waals surface area contributed by atoms with Gasteiger partial charge in [0, 0.05) is 18.5 Å². The molecule has 3 rings (SSSR count). The van der Waals surface area contributed by atoms with Crippen molar-refractivity contribution in [1.29, 1.82) is 0 Å². The Hall–Kier alpha value is -2.16. The van der Waals surface area contributed by atoms with Crippen molar-refractivity contribution in [1.82, 2.24) is 9.80 Å². The number of nitrogens with zero attached hydrogens (tertiary/aromatic N) is 2. The Balaban J connectivity index is 2.06. The van der Waals surface area contributed by atoms with Crippen LogP contribution in [0.25, 0.3) is 0 Å². The molecule has 50 heavy (non-hydrogen) atoms. The number of hydrogen-bond donors (Lipinski definition) is 4. The van der Waals surface area contributed by atoms with E-state index in [-0.39, 0.29) is 30.9 Å². The summed E-state index contributed by atoms with van der Waals surface area (Å²) < 4.78 is 25.0. The lowest BCUT2D eigenvalue weighted by molar-refractivity contribution is -0.298. The van der Waals surface area contributed by atoms with Crippen molar-refractivity contribution in [2.45, 2.75) is 148 Å². The highest BCUT2D eigenvalue weighted by Gasteiger charge is 2.50. The van der Waals surface area contributed by atoms with Gasteiger partial charge in [-0.25, -0.2) is 4.79 Å². The van der Waals surface area contributed by atoms with Gasteiger partial charge >= 0.3 is 11.9 Å². The van der Waals surface area contributed by atoms with Gasteiger partial charge in [0.1, 0.15) is 17.8 Å². The number of benzene rings is 1. The molecule has 0 unspecified atom stereocenters. The zero-order valence-electron chi connectivity index (χ0n) is 32.2. The van der Waals surface area contributed by atoms with Gasteiger partial charge in [0.05, 0.1) is 41.4 Å². The molecule has 0 spiro atoms. The Kier molecular flexibility index (Phi) is 14.5. The summed E-state index contributed by atoms with van der Waals surface area (Å²) in [5, 5.41) is 46.8. The van der Waals surface area contributed by atoms with Crippen LogP contribution in [0.1, 0.15) is 90.6 Å². The van der Waals surface area contributed by atoms with Crippen LogP contribution >= 0.6 is 0 Å². The van der Waals surface area contributed by atoms with Crippen molar-refractivity contribution in [3.8, 4) is 0 Å². The number of ether oxygens (including phenoxy) is 4. The highest BCUT2D eigenvalue weighted by atomic mass is 16.7. The van der Waals surface area contributed by atoms with Gasteiger partial charge in [-0.15, -0.1) is 0 Å². The predicted octanol–water partition coefficient (Wildman–Crippen LogP) is 3.15. The minimum absolute atomic E-state index is 0.150. The molecule has 2 saturated heterocycles. The van der Waals surface area contributed by atoms with Crippen molar-refractivity contribution in [2.75, 3.05) is 27.7 Å². The number of aryl methyl sites for hydroxylation is 1. The van der Waals surface area contributed by atoms with Gasteiger partial charge in [-0.1, -0.05) is 38.5 Å². The highest BCUT2D eigenvalue weighted by Crippen LogP contribution is 2.37. The topological polar surface area (TPSA) is 158 Å². The van der Waals surface area contributed by atoms with Crippen LogP contribution in [-0.4, -0.2) is 136 Å². The van der Waals surface area contributed by atoms with Crippen LogP contribution in [0.3, 0.4) is 0 Å². The maximum absolute atomic E-state index is 13.5. The minimum atomic E-state index is -1.78. The lowest BCUT2D eigenvalue weighted by Crippen LogP contribution is -2.60. The maximum atomic E-state index is 13.5. The summed E-state index contributed by atoms with van der Waals surface area (Å²) in [4.78, 5) is 30.9. The van der Waals surface area contributed by atoms with E-state index >= 15 is 0 Å². The molecule has 2 fully saturated rings. The zero-order chi connectivity index (χ0) is 37.9. The molecule has 12 heteroatoms. The van der Waals surface area contributed by atoms with E-state index in [1.165, 1.54) is 13.8 Å². The Bertz CT molecular complexity index is 1260. The molecule has 0 saturated carbocycles. The van der Waals surface area contributed by atoms with Gasteiger partial charge in [-0.05, 0) is 100.0 Å². The number of esters is 2. The molecule has 0 aromatic heterocycles. The van der Waals surface area contributed by atoms with Gasteiger partial charge < -0.3 is 49.2 Å². The molecule has 2 aliphatic rings. The van der Waals surface area contributed by atoms with Crippen LogP contribution in [0, 0.1) is 24.7 Å². The lowest BCUT2D eigenvalue weighted by atomic mass is 9.78. The van der Waals surface area contributed by atoms with Crippen LogP contribution in [0.15, 0.2) is 24.3 Å². The average molecular weight is 709 g/mol. The monoisotopic (exact) mass is 708 g/mol. The van der Waals surface area contributed by atoms with Crippen LogP contribution in [0.5, 0.6) is 0 Å². The van der Waals surface area contributed by atoms with E-state index in [9.17, 15) is 30.0 Å². The Morgan fingerprint density at radius 3 is 2.22 bits per heavy atom. The largest absolute Gasteiger partial charge is 0.459 e. The molecule has 2 heterocycles. The number of aliphatic hydroxyl groups excluding tert-OH is 2. The summed E-state index contributed by atoms with van der Waals surface area (Å²) in [6.07, 6.45) is -6.09. The molecule has 0 radical (unpaired) electrons. The van der Waals surface area contributed by atoms with E-state index in [1.807, 2.05) is 63.8 Å². The molecule has 14 atom stereocenters. The smallest absolute Gasteiger partial charge is 0.338 e. The third-order valence-electron chi connectivity index (χ3n) is 11.0. The van der Waals surface area contributed by atoms with Gasteiger partial charge in [0.15, 0.2) is 12.4 Å². The van der Waals surface area contributed by atoms with E-state index in [2.05, 4.69) is 0 Å². The molecule has 1 aromatic carbocycles. The summed E-state index contributed by atoms with van der Waals surface area (Å²) in [7, 11) is 5.61. The van der Waals surface area contributed by atoms with Gasteiger partial charge in [0.2, 0.25) is 0 Å². The summed E-state index contributed by atoms with van der Waals surface area (Å²) in [5.41, 5.74) is -1.97. The maximum Gasteiger partial charge on any atom is 0.338 e. The molecule has 1 aromatic rings. The first-order valence-corrected chi connectivity index (χ1v) is 18.1. The molecule has 0 aliphatic carbocycles. The van der Waals surface area contributed by atoms with Crippen molar-refractivity contribution in [3.05, 3.63) is 35.4 Å². The third kappa shape index (κ3) is 9.83. The van der Waals surface area contributed by atoms with Gasteiger partial charge in [0.25, 0.3) is 0 Å². The molecular formula is C38H64N2O10. The van der Waals surface area contributed by atoms with Crippen LogP contribution < -0.4 is 0 Å². The number of carbonyl (C=O) groups excluding carboxylic acids is 2. The summed E-state index contributed by atoms with van der Waals surface area (Å²) >= 11 is 0. The molecular weight excluding hydrogens is 644 g/mol. The standard InChI is InChI=1S/C38H64N2O10/c1-13-29-38(9,46)32(42)26(7)40(12)20-22(3)19-37(8,45)33(24(5)30(41)25(6)34(43)48-29)50-36-31(28(39(10)11)18-23(4)47-36)49-35(44)27-16-14-21(2)15-17-27/h14-17,22-26,28-33,36,41-42,45-46H,13,18-20H2,1-12H3/t22-,23-,24+,25-,26-,28+,29-,30+,31-,32-,33-,36+,37-,38-/m1/s1. The quantitative estimate of drug-likeness (QED) is 0.321. The lowest BCUT2D eigenvalue weighted by Gasteiger charge is -2.47. The average Bonchev–Trinajstić information content (AvgIpc) is 3.04. The summed E-state index contributed by atoms with van der Waals surface area (Å²) in [6.45, 7) is 16.1. The first kappa shape index (κ1) is 42.3.